The van der Waals surface area contributed by atoms with Gasteiger partial charge in [-0.25, -0.2) is 0 Å². The summed E-state index contributed by atoms with van der Waals surface area (Å²) < 4.78 is 10.8. The molecule has 0 heterocycles. The molecule has 25 heavy (non-hydrogen) atoms. The molecule has 0 spiro atoms. The molecule has 0 N–H and O–H groups in total. The largest absolute Gasteiger partial charge is 0.487 e. The summed E-state index contributed by atoms with van der Waals surface area (Å²) in [5, 5.41) is 0.617. The molecular weight excluding hydrogens is 336 g/mol. The Kier molecular flexibility index (Phi) is 6.89. The van der Waals surface area contributed by atoms with Crippen LogP contribution in [0.25, 0.3) is 0 Å². The van der Waals surface area contributed by atoms with Crippen molar-refractivity contribution in [3.8, 4) is 5.75 Å². The highest BCUT2D eigenvalue weighted by Gasteiger charge is 2.13. The molecule has 2 aromatic rings. The minimum atomic E-state index is -0.254. The molecule has 0 aromatic heterocycles. The number of methoxy groups -OCH3 is 1. The van der Waals surface area contributed by atoms with E-state index in [9.17, 15) is 4.79 Å². The van der Waals surface area contributed by atoms with Crippen LogP contribution in [0.15, 0.2) is 30.3 Å². The zero-order valence-electron chi connectivity index (χ0n) is 15.3. The topological polar surface area (TPSA) is 35.5 Å². The summed E-state index contributed by atoms with van der Waals surface area (Å²) in [6.45, 7) is 6.63. The Balaban J connectivity index is 2.28. The second-order valence-corrected chi connectivity index (χ2v) is 6.42. The molecule has 0 aliphatic carbocycles. The van der Waals surface area contributed by atoms with Crippen LogP contribution in [0.3, 0.4) is 0 Å². The van der Waals surface area contributed by atoms with Gasteiger partial charge in [-0.1, -0.05) is 43.6 Å². The second kappa shape index (κ2) is 8.91. The maximum Gasteiger partial charge on any atom is 0.309 e. The lowest BCUT2D eigenvalue weighted by Crippen LogP contribution is -2.10. The van der Waals surface area contributed by atoms with Gasteiger partial charge >= 0.3 is 5.97 Å². The molecule has 0 saturated heterocycles. The van der Waals surface area contributed by atoms with Crippen LogP contribution in [-0.2, 0) is 35.4 Å². The zero-order chi connectivity index (χ0) is 18.4. The van der Waals surface area contributed by atoms with Crippen molar-refractivity contribution in [2.75, 3.05) is 7.11 Å². The smallest absolute Gasteiger partial charge is 0.309 e. The van der Waals surface area contributed by atoms with Crippen molar-refractivity contribution < 1.29 is 14.3 Å². The van der Waals surface area contributed by atoms with Crippen molar-refractivity contribution in [1.82, 2.24) is 0 Å². The van der Waals surface area contributed by atoms with Crippen LogP contribution in [0.2, 0.25) is 5.02 Å². The standard InChI is InChI=1S/C21H25ClO3/c1-5-15-8-7-9-17(12-21(23)24-4)18(15)13-25-20-10-14(3)16(6-2)11-19(20)22/h7-11H,5-6,12-13H2,1-4H3. The van der Waals surface area contributed by atoms with E-state index in [-0.39, 0.29) is 12.4 Å². The van der Waals surface area contributed by atoms with Gasteiger partial charge in [0.25, 0.3) is 0 Å². The SMILES string of the molecule is CCc1cc(Cl)c(OCc2c(CC)cccc2CC(=O)OC)cc1C. The van der Waals surface area contributed by atoms with Crippen LogP contribution in [0, 0.1) is 6.92 Å². The van der Waals surface area contributed by atoms with Crippen molar-refractivity contribution in [3.05, 3.63) is 63.2 Å². The number of carbonyl (C=O) groups is 1. The van der Waals surface area contributed by atoms with E-state index in [4.69, 9.17) is 21.1 Å². The van der Waals surface area contributed by atoms with Crippen molar-refractivity contribution in [2.24, 2.45) is 0 Å². The zero-order valence-corrected chi connectivity index (χ0v) is 16.1. The fraction of sp³-hybridized carbons (Fsp3) is 0.381. The first kappa shape index (κ1) is 19.3. The summed E-state index contributed by atoms with van der Waals surface area (Å²) in [6.07, 6.45) is 2.05. The van der Waals surface area contributed by atoms with E-state index in [1.54, 1.807) is 0 Å². The molecule has 0 bridgehead atoms. The number of rotatable bonds is 7. The third-order valence-electron chi connectivity index (χ3n) is 4.46. The monoisotopic (exact) mass is 360 g/mol. The van der Waals surface area contributed by atoms with Gasteiger partial charge in [-0.05, 0) is 59.7 Å². The Morgan fingerprint density at radius 2 is 1.76 bits per heavy atom. The predicted octanol–water partition coefficient (Wildman–Crippen LogP) is 5.07. The third-order valence-corrected chi connectivity index (χ3v) is 4.75. The van der Waals surface area contributed by atoms with Crippen molar-refractivity contribution in [2.45, 2.75) is 46.6 Å². The lowest BCUT2D eigenvalue weighted by Gasteiger charge is -2.16. The molecule has 134 valence electrons. The normalized spacial score (nSPS) is 10.6. The van der Waals surface area contributed by atoms with Gasteiger partial charge < -0.3 is 9.47 Å². The number of ether oxygens (including phenoxy) is 2. The van der Waals surface area contributed by atoms with Gasteiger partial charge in [-0.2, -0.15) is 0 Å². The highest BCUT2D eigenvalue weighted by Crippen LogP contribution is 2.30. The number of carbonyl (C=O) groups excluding carboxylic acids is 1. The van der Waals surface area contributed by atoms with E-state index < -0.39 is 0 Å². The molecule has 0 aliphatic heterocycles. The summed E-state index contributed by atoms with van der Waals surface area (Å²) in [4.78, 5) is 11.7. The van der Waals surface area contributed by atoms with Crippen molar-refractivity contribution in [1.29, 1.82) is 0 Å². The summed E-state index contributed by atoms with van der Waals surface area (Å²) >= 11 is 6.37. The van der Waals surface area contributed by atoms with Crippen molar-refractivity contribution in [3.63, 3.8) is 0 Å². The van der Waals surface area contributed by atoms with Crippen LogP contribution < -0.4 is 4.74 Å². The van der Waals surface area contributed by atoms with E-state index in [1.165, 1.54) is 23.8 Å². The number of halogens is 1. The van der Waals surface area contributed by atoms with Gasteiger partial charge in [0.2, 0.25) is 0 Å². The molecule has 0 atom stereocenters. The Labute approximate surface area is 154 Å². The van der Waals surface area contributed by atoms with Gasteiger partial charge in [-0.15, -0.1) is 0 Å². The lowest BCUT2D eigenvalue weighted by molar-refractivity contribution is -0.139. The van der Waals surface area contributed by atoms with Crippen molar-refractivity contribution >= 4 is 17.6 Å². The predicted molar refractivity (Wildman–Crippen MR) is 101 cm³/mol. The number of esters is 1. The fourth-order valence-corrected chi connectivity index (χ4v) is 3.18. The van der Waals surface area contributed by atoms with Gasteiger partial charge in [-0.3, -0.25) is 4.79 Å². The number of hydrogen-bond acceptors (Lipinski definition) is 3. The van der Waals surface area contributed by atoms with Gasteiger partial charge in [0, 0.05) is 0 Å². The highest BCUT2D eigenvalue weighted by atomic mass is 35.5. The Bertz CT molecular complexity index is 753. The minimum Gasteiger partial charge on any atom is -0.487 e. The van der Waals surface area contributed by atoms with Crippen LogP contribution in [0.4, 0.5) is 0 Å². The summed E-state index contributed by atoms with van der Waals surface area (Å²) in [7, 11) is 1.40. The highest BCUT2D eigenvalue weighted by molar-refractivity contribution is 6.32. The van der Waals surface area contributed by atoms with E-state index >= 15 is 0 Å². The first-order valence-electron chi connectivity index (χ1n) is 8.58. The summed E-state index contributed by atoms with van der Waals surface area (Å²) in [6, 6.07) is 9.92. The Morgan fingerprint density at radius 3 is 2.40 bits per heavy atom. The first-order valence-corrected chi connectivity index (χ1v) is 8.96. The first-order chi connectivity index (χ1) is 12.0. The number of aryl methyl sites for hydroxylation is 3. The minimum absolute atomic E-state index is 0.241. The van der Waals surface area contributed by atoms with Crippen LogP contribution in [0.1, 0.15) is 41.7 Å². The molecule has 3 nitrogen and oxygen atoms in total. The molecule has 0 fully saturated rings. The second-order valence-electron chi connectivity index (χ2n) is 6.01. The molecule has 2 aromatic carbocycles. The van der Waals surface area contributed by atoms with E-state index in [0.717, 1.165) is 24.0 Å². The summed E-state index contributed by atoms with van der Waals surface area (Å²) in [5.41, 5.74) is 5.52. The molecule has 0 saturated carbocycles. The average Bonchev–Trinajstić information content (AvgIpc) is 2.62. The third kappa shape index (κ3) is 4.76. The van der Waals surface area contributed by atoms with E-state index in [1.807, 2.05) is 24.3 Å². The van der Waals surface area contributed by atoms with Gasteiger partial charge in [0.15, 0.2) is 0 Å². The number of hydrogen-bond donors (Lipinski definition) is 0. The fourth-order valence-electron chi connectivity index (χ4n) is 2.94. The molecule has 0 unspecified atom stereocenters. The molecule has 4 heteroatoms. The van der Waals surface area contributed by atoms with Gasteiger partial charge in [0.1, 0.15) is 12.4 Å². The molecular formula is C21H25ClO3. The van der Waals surface area contributed by atoms with E-state index in [2.05, 4.69) is 26.8 Å². The molecule has 2 rings (SSSR count). The molecule has 0 amide bonds. The van der Waals surface area contributed by atoms with Gasteiger partial charge in [0.05, 0.1) is 18.6 Å². The summed E-state index contributed by atoms with van der Waals surface area (Å²) in [5.74, 6) is 0.418. The quantitative estimate of drug-likeness (QED) is 0.647. The Hall–Kier alpha value is -2.00. The van der Waals surface area contributed by atoms with E-state index in [0.29, 0.717) is 17.4 Å². The van der Waals surface area contributed by atoms with Crippen LogP contribution in [0.5, 0.6) is 5.75 Å². The molecule has 0 aliphatic rings. The number of benzene rings is 2. The van der Waals surface area contributed by atoms with Crippen LogP contribution in [-0.4, -0.2) is 13.1 Å². The molecule has 0 radical (unpaired) electrons. The lowest BCUT2D eigenvalue weighted by atomic mass is 9.97. The average molecular weight is 361 g/mol. The maximum atomic E-state index is 11.7. The maximum absolute atomic E-state index is 11.7. The Morgan fingerprint density at radius 1 is 1.08 bits per heavy atom. The van der Waals surface area contributed by atoms with Crippen LogP contribution >= 0.6 is 11.6 Å².